The zero-order valence-corrected chi connectivity index (χ0v) is 13.8. The van der Waals surface area contributed by atoms with Crippen molar-refractivity contribution in [1.29, 1.82) is 0 Å². The van der Waals surface area contributed by atoms with Gasteiger partial charge in [0.05, 0.1) is 6.26 Å². The van der Waals surface area contributed by atoms with E-state index < -0.39 is 6.10 Å². The third-order valence-corrected chi connectivity index (χ3v) is 4.60. The molecule has 1 amide bonds. The number of furan rings is 2. The van der Waals surface area contributed by atoms with Gasteiger partial charge in [-0.2, -0.15) is 0 Å². The maximum Gasteiger partial charge on any atom is 0.289 e. The number of piperazine rings is 1. The molecule has 6 nitrogen and oxygen atoms in total. The minimum atomic E-state index is -0.646. The lowest BCUT2D eigenvalue weighted by atomic mass is 10.2. The maximum absolute atomic E-state index is 12.6. The summed E-state index contributed by atoms with van der Waals surface area (Å²) in [6, 6.07) is 12.9. The Morgan fingerprint density at radius 3 is 2.64 bits per heavy atom. The lowest BCUT2D eigenvalue weighted by molar-refractivity contribution is 0.0467. The Bertz CT molecular complexity index is 814. The van der Waals surface area contributed by atoms with Crippen LogP contribution in [0.3, 0.4) is 0 Å². The number of carbonyl (C=O) groups is 1. The van der Waals surface area contributed by atoms with E-state index >= 15 is 0 Å². The van der Waals surface area contributed by atoms with Crippen LogP contribution in [0.4, 0.5) is 0 Å². The number of benzene rings is 1. The van der Waals surface area contributed by atoms with E-state index in [1.807, 2.05) is 24.3 Å². The van der Waals surface area contributed by atoms with Gasteiger partial charge in [0.15, 0.2) is 5.76 Å². The summed E-state index contributed by atoms with van der Waals surface area (Å²) in [4.78, 5) is 16.6. The van der Waals surface area contributed by atoms with Gasteiger partial charge in [-0.05, 0) is 24.3 Å². The molecule has 1 aliphatic heterocycles. The van der Waals surface area contributed by atoms with Crippen LogP contribution in [0.15, 0.2) is 57.6 Å². The van der Waals surface area contributed by atoms with Crippen LogP contribution >= 0.6 is 0 Å². The predicted octanol–water partition coefficient (Wildman–Crippen LogP) is 2.52. The summed E-state index contributed by atoms with van der Waals surface area (Å²) in [5.41, 5.74) is 0.728. The fourth-order valence-electron chi connectivity index (χ4n) is 3.19. The predicted molar refractivity (Wildman–Crippen MR) is 92.2 cm³/mol. The van der Waals surface area contributed by atoms with Crippen molar-refractivity contribution in [3.8, 4) is 0 Å². The normalized spacial score (nSPS) is 17.1. The Morgan fingerprint density at radius 2 is 1.92 bits per heavy atom. The number of aliphatic hydroxyl groups is 1. The Labute approximate surface area is 145 Å². The molecule has 1 aliphatic rings. The fraction of sp³-hybridized carbons (Fsp3) is 0.316. The van der Waals surface area contributed by atoms with Crippen LogP contribution in [-0.4, -0.2) is 53.5 Å². The standard InChI is InChI=1S/C19H20N2O4/c22-15(17-6-3-11-24-17)13-20-7-9-21(10-8-20)19(23)18-12-14-4-1-2-5-16(14)25-18/h1-6,11-12,15,22H,7-10,13H2/t15-/m0/s1. The van der Waals surface area contributed by atoms with Gasteiger partial charge in [0.2, 0.25) is 0 Å². The molecule has 0 aliphatic carbocycles. The number of hydrogen-bond donors (Lipinski definition) is 1. The molecule has 130 valence electrons. The fourth-order valence-corrected chi connectivity index (χ4v) is 3.19. The minimum Gasteiger partial charge on any atom is -0.467 e. The van der Waals surface area contributed by atoms with E-state index in [0.717, 1.165) is 11.0 Å². The van der Waals surface area contributed by atoms with Gasteiger partial charge in [-0.15, -0.1) is 0 Å². The number of aliphatic hydroxyl groups excluding tert-OH is 1. The molecule has 2 aromatic heterocycles. The van der Waals surface area contributed by atoms with Crippen molar-refractivity contribution in [3.05, 3.63) is 60.2 Å². The SMILES string of the molecule is O=C(c1cc2ccccc2o1)N1CCN(C[C@H](O)c2ccco2)CC1. The average molecular weight is 340 g/mol. The van der Waals surface area contributed by atoms with Crippen molar-refractivity contribution in [2.45, 2.75) is 6.10 Å². The Balaban J connectivity index is 1.35. The van der Waals surface area contributed by atoms with Gasteiger partial charge < -0.3 is 18.8 Å². The van der Waals surface area contributed by atoms with Gasteiger partial charge in [-0.1, -0.05) is 18.2 Å². The van der Waals surface area contributed by atoms with Crippen molar-refractivity contribution in [2.24, 2.45) is 0 Å². The second-order valence-corrected chi connectivity index (χ2v) is 6.27. The molecule has 1 saturated heterocycles. The molecule has 6 heteroatoms. The summed E-state index contributed by atoms with van der Waals surface area (Å²) < 4.78 is 10.9. The van der Waals surface area contributed by atoms with E-state index in [-0.39, 0.29) is 5.91 Å². The van der Waals surface area contributed by atoms with Crippen LogP contribution in [0.2, 0.25) is 0 Å². The Kier molecular flexibility index (Phi) is 4.29. The van der Waals surface area contributed by atoms with Crippen molar-refractivity contribution in [3.63, 3.8) is 0 Å². The molecule has 1 N–H and O–H groups in total. The van der Waals surface area contributed by atoms with Gasteiger partial charge in [-0.25, -0.2) is 0 Å². The average Bonchev–Trinajstić information content (AvgIpc) is 3.31. The van der Waals surface area contributed by atoms with Crippen LogP contribution in [0.25, 0.3) is 11.0 Å². The zero-order chi connectivity index (χ0) is 17.2. The van der Waals surface area contributed by atoms with E-state index in [2.05, 4.69) is 4.90 Å². The first-order valence-corrected chi connectivity index (χ1v) is 8.42. The van der Waals surface area contributed by atoms with Crippen molar-refractivity contribution < 1.29 is 18.7 Å². The van der Waals surface area contributed by atoms with Crippen LogP contribution in [-0.2, 0) is 0 Å². The van der Waals surface area contributed by atoms with Crippen molar-refractivity contribution in [1.82, 2.24) is 9.80 Å². The Hall–Kier alpha value is -2.57. The second-order valence-electron chi connectivity index (χ2n) is 6.27. The van der Waals surface area contributed by atoms with E-state index in [9.17, 15) is 9.90 Å². The molecule has 0 unspecified atom stereocenters. The lowest BCUT2D eigenvalue weighted by Gasteiger charge is -2.34. The van der Waals surface area contributed by atoms with Crippen molar-refractivity contribution in [2.75, 3.05) is 32.7 Å². The topological polar surface area (TPSA) is 70.1 Å². The highest BCUT2D eigenvalue weighted by atomic mass is 16.4. The largest absolute Gasteiger partial charge is 0.467 e. The molecule has 0 spiro atoms. The molecule has 25 heavy (non-hydrogen) atoms. The second kappa shape index (κ2) is 6.74. The monoisotopic (exact) mass is 340 g/mol. The van der Waals surface area contributed by atoms with E-state index in [4.69, 9.17) is 8.83 Å². The van der Waals surface area contributed by atoms with Crippen molar-refractivity contribution >= 4 is 16.9 Å². The number of nitrogens with zero attached hydrogens (tertiary/aromatic N) is 2. The number of amides is 1. The molecule has 1 fully saturated rings. The van der Waals surface area contributed by atoms with E-state index in [0.29, 0.717) is 44.2 Å². The van der Waals surface area contributed by atoms with Crippen LogP contribution in [0.5, 0.6) is 0 Å². The first-order valence-electron chi connectivity index (χ1n) is 8.42. The molecule has 4 rings (SSSR count). The highest BCUT2D eigenvalue weighted by Gasteiger charge is 2.26. The van der Waals surface area contributed by atoms with Gasteiger partial charge in [0.1, 0.15) is 17.4 Å². The van der Waals surface area contributed by atoms with Gasteiger partial charge in [-0.3, -0.25) is 9.69 Å². The van der Waals surface area contributed by atoms with Crippen LogP contribution < -0.4 is 0 Å². The third kappa shape index (κ3) is 3.31. The molecule has 3 aromatic rings. The van der Waals surface area contributed by atoms with E-state index in [1.54, 1.807) is 29.4 Å². The molecular weight excluding hydrogens is 320 g/mol. The number of para-hydroxylation sites is 1. The number of fused-ring (bicyclic) bond motifs is 1. The summed E-state index contributed by atoms with van der Waals surface area (Å²) in [5.74, 6) is 0.869. The van der Waals surface area contributed by atoms with Crippen LogP contribution in [0.1, 0.15) is 22.4 Å². The van der Waals surface area contributed by atoms with Crippen LogP contribution in [0, 0.1) is 0 Å². The summed E-state index contributed by atoms with van der Waals surface area (Å²) in [6.07, 6.45) is 0.912. The van der Waals surface area contributed by atoms with Gasteiger partial charge in [0, 0.05) is 38.1 Å². The molecule has 0 bridgehead atoms. The maximum atomic E-state index is 12.6. The molecular formula is C19H20N2O4. The zero-order valence-electron chi connectivity index (χ0n) is 13.8. The summed E-state index contributed by atoms with van der Waals surface area (Å²) >= 11 is 0. The minimum absolute atomic E-state index is 0.0811. The molecule has 0 radical (unpaired) electrons. The highest BCUT2D eigenvalue weighted by molar-refractivity contribution is 5.96. The summed E-state index contributed by atoms with van der Waals surface area (Å²) in [5, 5.41) is 11.1. The Morgan fingerprint density at radius 1 is 1.12 bits per heavy atom. The smallest absolute Gasteiger partial charge is 0.289 e. The molecule has 0 saturated carbocycles. The third-order valence-electron chi connectivity index (χ3n) is 4.60. The van der Waals surface area contributed by atoms with E-state index in [1.165, 1.54) is 0 Å². The lowest BCUT2D eigenvalue weighted by Crippen LogP contribution is -2.49. The summed E-state index contributed by atoms with van der Waals surface area (Å²) in [7, 11) is 0. The first-order chi connectivity index (χ1) is 12.2. The number of rotatable bonds is 4. The number of hydrogen-bond acceptors (Lipinski definition) is 5. The number of β-amino-alcohol motifs (C(OH)–C–C–N with tert-alkyl or cyclic N) is 1. The molecule has 1 aromatic carbocycles. The number of carbonyl (C=O) groups excluding carboxylic acids is 1. The first kappa shape index (κ1) is 15.9. The van der Waals surface area contributed by atoms with Gasteiger partial charge >= 0.3 is 0 Å². The molecule has 3 heterocycles. The quantitative estimate of drug-likeness (QED) is 0.790. The molecule has 1 atom stereocenters. The summed E-state index contributed by atoms with van der Waals surface area (Å²) in [6.45, 7) is 3.15. The van der Waals surface area contributed by atoms with Gasteiger partial charge in [0.25, 0.3) is 5.91 Å². The highest BCUT2D eigenvalue weighted by Crippen LogP contribution is 2.21.